The van der Waals surface area contributed by atoms with Crippen molar-refractivity contribution in [3.63, 3.8) is 0 Å². The zero-order valence-electron chi connectivity index (χ0n) is 13.0. The van der Waals surface area contributed by atoms with Crippen LogP contribution < -0.4 is 15.0 Å². The fraction of sp³-hybridized carbons (Fsp3) is 0.500. The van der Waals surface area contributed by atoms with E-state index >= 15 is 0 Å². The summed E-state index contributed by atoms with van der Waals surface area (Å²) in [4.78, 5) is 26.1. The molecule has 0 spiro atoms. The molecular weight excluding hydrogens is 268 g/mol. The lowest BCUT2D eigenvalue weighted by Gasteiger charge is -2.34. The summed E-state index contributed by atoms with van der Waals surface area (Å²) in [5.74, 6) is 0.301. The summed E-state index contributed by atoms with van der Waals surface area (Å²) in [5.41, 5.74) is 0.326. The lowest BCUT2D eigenvalue weighted by Crippen LogP contribution is -2.52. The van der Waals surface area contributed by atoms with E-state index in [1.807, 2.05) is 45.9 Å². The molecule has 114 valence electrons. The van der Waals surface area contributed by atoms with Gasteiger partial charge in [-0.1, -0.05) is 19.1 Å². The predicted octanol–water partition coefficient (Wildman–Crippen LogP) is 2.11. The molecule has 0 radical (unpaired) electrons. The molecule has 1 N–H and O–H groups in total. The molecule has 5 heteroatoms. The highest BCUT2D eigenvalue weighted by Crippen LogP contribution is 2.34. The number of carbonyl (C=O) groups is 2. The van der Waals surface area contributed by atoms with Crippen molar-refractivity contribution in [2.45, 2.75) is 45.8 Å². The Balaban J connectivity index is 2.24. The van der Waals surface area contributed by atoms with E-state index < -0.39 is 6.10 Å². The van der Waals surface area contributed by atoms with Crippen LogP contribution in [0.3, 0.4) is 0 Å². The minimum Gasteiger partial charge on any atom is -0.478 e. The molecule has 0 aromatic heterocycles. The van der Waals surface area contributed by atoms with Gasteiger partial charge in [0, 0.05) is 5.54 Å². The maximum Gasteiger partial charge on any atom is 0.268 e. The molecule has 1 heterocycles. The van der Waals surface area contributed by atoms with Crippen LogP contribution in [0, 0.1) is 0 Å². The van der Waals surface area contributed by atoms with Gasteiger partial charge in [-0.2, -0.15) is 0 Å². The molecule has 2 rings (SSSR count). The van der Waals surface area contributed by atoms with Gasteiger partial charge in [-0.15, -0.1) is 0 Å². The second-order valence-electron chi connectivity index (χ2n) is 6.21. The lowest BCUT2D eigenvalue weighted by atomic mass is 10.1. The monoisotopic (exact) mass is 290 g/mol. The van der Waals surface area contributed by atoms with E-state index in [2.05, 4.69) is 5.32 Å². The summed E-state index contributed by atoms with van der Waals surface area (Å²) in [6.45, 7) is 7.63. The minimum absolute atomic E-state index is 0.00692. The fourth-order valence-electron chi connectivity index (χ4n) is 2.30. The van der Waals surface area contributed by atoms with E-state index in [1.54, 1.807) is 6.07 Å². The Morgan fingerprint density at radius 3 is 2.62 bits per heavy atom. The van der Waals surface area contributed by atoms with E-state index in [0.717, 1.165) is 0 Å². The van der Waals surface area contributed by atoms with Crippen LogP contribution in [0.2, 0.25) is 0 Å². The summed E-state index contributed by atoms with van der Waals surface area (Å²) in [6, 6.07) is 7.30. The number of rotatable bonds is 3. The zero-order valence-corrected chi connectivity index (χ0v) is 13.0. The van der Waals surface area contributed by atoms with Crippen molar-refractivity contribution in [3.8, 4) is 5.75 Å². The Morgan fingerprint density at radius 1 is 1.33 bits per heavy atom. The van der Waals surface area contributed by atoms with E-state index in [4.69, 9.17) is 4.74 Å². The van der Waals surface area contributed by atoms with Gasteiger partial charge in [0.15, 0.2) is 6.10 Å². The van der Waals surface area contributed by atoms with E-state index in [0.29, 0.717) is 17.9 Å². The number of ether oxygens (including phenoxy) is 1. The molecule has 1 aromatic carbocycles. The van der Waals surface area contributed by atoms with Crippen molar-refractivity contribution in [3.05, 3.63) is 24.3 Å². The van der Waals surface area contributed by atoms with Crippen molar-refractivity contribution in [2.75, 3.05) is 11.4 Å². The van der Waals surface area contributed by atoms with Crippen LogP contribution in [0.1, 0.15) is 34.1 Å². The first-order chi connectivity index (χ1) is 9.81. The number of hydrogen-bond donors (Lipinski definition) is 1. The summed E-state index contributed by atoms with van der Waals surface area (Å²) in [5, 5.41) is 2.88. The summed E-state index contributed by atoms with van der Waals surface area (Å²) in [6.07, 6.45) is 0.0484. The van der Waals surface area contributed by atoms with E-state index in [9.17, 15) is 9.59 Å². The lowest BCUT2D eigenvalue weighted by molar-refractivity contribution is -0.129. The average Bonchev–Trinajstić information content (AvgIpc) is 2.39. The second kappa shape index (κ2) is 5.76. The second-order valence-corrected chi connectivity index (χ2v) is 6.21. The molecule has 0 saturated heterocycles. The first-order valence-electron chi connectivity index (χ1n) is 7.20. The Kier molecular flexibility index (Phi) is 4.21. The number of carbonyl (C=O) groups excluding carboxylic acids is 2. The highest BCUT2D eigenvalue weighted by molar-refractivity contribution is 6.03. The molecule has 1 aromatic rings. The van der Waals surface area contributed by atoms with Crippen molar-refractivity contribution in [1.82, 2.24) is 5.32 Å². The highest BCUT2D eigenvalue weighted by atomic mass is 16.5. The van der Waals surface area contributed by atoms with Crippen molar-refractivity contribution >= 4 is 17.5 Å². The maximum atomic E-state index is 12.4. The first kappa shape index (κ1) is 15.4. The topological polar surface area (TPSA) is 58.6 Å². The number of anilines is 1. The van der Waals surface area contributed by atoms with Crippen LogP contribution in [0.15, 0.2) is 24.3 Å². The number of nitrogens with zero attached hydrogens (tertiary/aromatic N) is 1. The molecule has 0 fully saturated rings. The van der Waals surface area contributed by atoms with Gasteiger partial charge in [0.05, 0.1) is 5.69 Å². The Morgan fingerprint density at radius 2 is 2.00 bits per heavy atom. The third-order valence-electron chi connectivity index (χ3n) is 3.15. The standard InChI is InChI=1S/C16H22N2O3/c1-5-12-15(20)18(10-14(19)17-16(2,3)4)11-8-6-7-9-13(11)21-12/h6-9,12H,5,10H2,1-4H3,(H,17,19). The van der Waals surface area contributed by atoms with Crippen molar-refractivity contribution < 1.29 is 14.3 Å². The minimum atomic E-state index is -0.526. The van der Waals surface area contributed by atoms with Gasteiger partial charge >= 0.3 is 0 Å². The van der Waals surface area contributed by atoms with Crippen LogP contribution >= 0.6 is 0 Å². The highest BCUT2D eigenvalue weighted by Gasteiger charge is 2.34. The van der Waals surface area contributed by atoms with Crippen LogP contribution in [0.4, 0.5) is 5.69 Å². The summed E-state index contributed by atoms with van der Waals surface area (Å²) >= 11 is 0. The molecular formula is C16H22N2O3. The van der Waals surface area contributed by atoms with Crippen LogP contribution in [-0.4, -0.2) is 30.0 Å². The predicted molar refractivity (Wildman–Crippen MR) is 81.4 cm³/mol. The van der Waals surface area contributed by atoms with Crippen LogP contribution in [-0.2, 0) is 9.59 Å². The number of amides is 2. The molecule has 5 nitrogen and oxygen atoms in total. The molecule has 1 aliphatic heterocycles. The quantitative estimate of drug-likeness (QED) is 0.927. The molecule has 1 aliphatic rings. The van der Waals surface area contributed by atoms with Gasteiger partial charge in [0.1, 0.15) is 12.3 Å². The number of fused-ring (bicyclic) bond motifs is 1. The van der Waals surface area contributed by atoms with Gasteiger partial charge in [-0.05, 0) is 39.3 Å². The van der Waals surface area contributed by atoms with Gasteiger partial charge in [-0.3, -0.25) is 14.5 Å². The molecule has 21 heavy (non-hydrogen) atoms. The first-order valence-corrected chi connectivity index (χ1v) is 7.20. The van der Waals surface area contributed by atoms with Gasteiger partial charge < -0.3 is 10.1 Å². The van der Waals surface area contributed by atoms with Crippen LogP contribution in [0.25, 0.3) is 0 Å². The third-order valence-corrected chi connectivity index (χ3v) is 3.15. The van der Waals surface area contributed by atoms with E-state index in [-0.39, 0.29) is 23.9 Å². The van der Waals surface area contributed by atoms with E-state index in [1.165, 1.54) is 4.90 Å². The fourth-order valence-corrected chi connectivity index (χ4v) is 2.30. The Hall–Kier alpha value is -2.04. The molecule has 1 unspecified atom stereocenters. The van der Waals surface area contributed by atoms with Crippen molar-refractivity contribution in [1.29, 1.82) is 0 Å². The molecule has 0 bridgehead atoms. The zero-order chi connectivity index (χ0) is 15.6. The Bertz CT molecular complexity index is 549. The van der Waals surface area contributed by atoms with Gasteiger partial charge in [0.2, 0.25) is 5.91 Å². The average molecular weight is 290 g/mol. The summed E-state index contributed by atoms with van der Waals surface area (Å²) < 4.78 is 5.68. The number of benzene rings is 1. The number of hydrogen-bond acceptors (Lipinski definition) is 3. The number of para-hydroxylation sites is 2. The van der Waals surface area contributed by atoms with Gasteiger partial charge in [0.25, 0.3) is 5.91 Å². The van der Waals surface area contributed by atoms with Crippen molar-refractivity contribution in [2.24, 2.45) is 0 Å². The third kappa shape index (κ3) is 3.54. The molecule has 1 atom stereocenters. The molecule has 0 saturated carbocycles. The molecule has 2 amide bonds. The summed E-state index contributed by atoms with van der Waals surface area (Å²) in [7, 11) is 0. The Labute approximate surface area is 125 Å². The maximum absolute atomic E-state index is 12.4. The largest absolute Gasteiger partial charge is 0.478 e. The smallest absolute Gasteiger partial charge is 0.268 e. The normalized spacial score (nSPS) is 18.0. The SMILES string of the molecule is CCC1Oc2ccccc2N(CC(=O)NC(C)(C)C)C1=O. The molecule has 0 aliphatic carbocycles. The van der Waals surface area contributed by atoms with Crippen LogP contribution in [0.5, 0.6) is 5.75 Å². The number of nitrogens with one attached hydrogen (secondary N) is 1. The van der Waals surface area contributed by atoms with Gasteiger partial charge in [-0.25, -0.2) is 0 Å².